The van der Waals surface area contributed by atoms with Crippen LogP contribution in [0.3, 0.4) is 0 Å². The van der Waals surface area contributed by atoms with Gasteiger partial charge in [-0.3, -0.25) is 0 Å². The average Bonchev–Trinajstić information content (AvgIpc) is 2.40. The van der Waals surface area contributed by atoms with Crippen molar-refractivity contribution in [3.63, 3.8) is 0 Å². The normalized spacial score (nSPS) is 23.9. The largest absolute Gasteiger partial charge is 0.492 e. The summed E-state index contributed by atoms with van der Waals surface area (Å²) in [7, 11) is -3.32. The van der Waals surface area contributed by atoms with E-state index >= 15 is 0 Å². The summed E-state index contributed by atoms with van der Waals surface area (Å²) in [6.45, 7) is 4.67. The highest BCUT2D eigenvalue weighted by Gasteiger charge is 2.30. The van der Waals surface area contributed by atoms with E-state index in [1.54, 1.807) is 24.3 Å². The molecule has 6 nitrogen and oxygen atoms in total. The number of nitrogens with two attached hydrogens (primary N) is 1. The molecule has 2 rings (SSSR count). The molecule has 1 aliphatic heterocycles. The molecule has 1 saturated heterocycles. The first-order valence-electron chi connectivity index (χ1n) is 6.98. The van der Waals surface area contributed by atoms with Crippen molar-refractivity contribution in [3.8, 4) is 5.75 Å². The minimum atomic E-state index is -3.32. The zero-order valence-corrected chi connectivity index (χ0v) is 13.2. The molecule has 0 saturated carbocycles. The maximum atomic E-state index is 12.3. The van der Waals surface area contributed by atoms with Crippen LogP contribution in [0.2, 0.25) is 0 Å². The Kier molecular flexibility index (Phi) is 5.08. The van der Waals surface area contributed by atoms with E-state index in [-0.39, 0.29) is 24.6 Å². The topological polar surface area (TPSA) is 81.9 Å². The molecule has 1 aromatic rings. The smallest absolute Gasteiger partial charge is 0.217 e. The van der Waals surface area contributed by atoms with E-state index in [1.807, 2.05) is 13.8 Å². The van der Waals surface area contributed by atoms with Crippen LogP contribution in [0.1, 0.15) is 13.8 Å². The molecule has 2 N–H and O–H groups in total. The monoisotopic (exact) mass is 314 g/mol. The Morgan fingerprint density at radius 3 is 2.38 bits per heavy atom. The fourth-order valence-corrected chi connectivity index (χ4v) is 3.74. The van der Waals surface area contributed by atoms with Crippen molar-refractivity contribution < 1.29 is 17.9 Å². The van der Waals surface area contributed by atoms with Crippen molar-refractivity contribution in [1.29, 1.82) is 0 Å². The summed E-state index contributed by atoms with van der Waals surface area (Å²) in [6, 6.07) is 6.88. The number of sulfonamides is 1. The number of anilines is 1. The van der Waals surface area contributed by atoms with Gasteiger partial charge in [0.05, 0.1) is 18.0 Å². The van der Waals surface area contributed by atoms with Crippen LogP contribution < -0.4 is 10.5 Å². The fraction of sp³-hybridized carbons (Fsp3) is 0.571. The lowest BCUT2D eigenvalue weighted by Crippen LogP contribution is -2.49. The van der Waals surface area contributed by atoms with Crippen molar-refractivity contribution in [2.24, 2.45) is 0 Å². The van der Waals surface area contributed by atoms with E-state index in [1.165, 1.54) is 4.31 Å². The number of hydrogen-bond acceptors (Lipinski definition) is 5. The first-order chi connectivity index (χ1) is 9.87. The highest BCUT2D eigenvalue weighted by atomic mass is 32.2. The van der Waals surface area contributed by atoms with Gasteiger partial charge in [0, 0.05) is 18.8 Å². The summed E-state index contributed by atoms with van der Waals surface area (Å²) < 4.78 is 37.1. The van der Waals surface area contributed by atoms with E-state index in [0.717, 1.165) is 0 Å². The maximum Gasteiger partial charge on any atom is 0.217 e. The number of ether oxygens (including phenoxy) is 2. The van der Waals surface area contributed by atoms with Crippen LogP contribution in [0.4, 0.5) is 5.69 Å². The predicted octanol–water partition coefficient (Wildman–Crippen LogP) is 1.09. The van der Waals surface area contributed by atoms with E-state index in [9.17, 15) is 8.42 Å². The zero-order valence-electron chi connectivity index (χ0n) is 12.4. The van der Waals surface area contributed by atoms with Crippen LogP contribution in [-0.4, -0.2) is 50.4 Å². The van der Waals surface area contributed by atoms with Crippen molar-refractivity contribution >= 4 is 15.7 Å². The third kappa shape index (κ3) is 4.59. The molecule has 118 valence electrons. The molecule has 21 heavy (non-hydrogen) atoms. The molecule has 0 spiro atoms. The number of rotatable bonds is 5. The molecule has 7 heteroatoms. The second kappa shape index (κ2) is 6.64. The first-order valence-corrected chi connectivity index (χ1v) is 8.59. The minimum absolute atomic E-state index is 0.0448. The maximum absolute atomic E-state index is 12.3. The van der Waals surface area contributed by atoms with Gasteiger partial charge in [-0.1, -0.05) is 0 Å². The van der Waals surface area contributed by atoms with Gasteiger partial charge in [0.2, 0.25) is 10.0 Å². The summed E-state index contributed by atoms with van der Waals surface area (Å²) in [5, 5.41) is 0. The number of benzene rings is 1. The molecule has 1 heterocycles. The predicted molar refractivity (Wildman–Crippen MR) is 81.7 cm³/mol. The molecule has 0 amide bonds. The van der Waals surface area contributed by atoms with E-state index in [2.05, 4.69) is 0 Å². The lowest BCUT2D eigenvalue weighted by Gasteiger charge is -2.34. The number of hydrogen-bond donors (Lipinski definition) is 1. The standard InChI is InChI=1S/C14H22N2O4S/c1-11-9-16(10-12(2)20-11)21(17,18)8-7-19-14-5-3-13(15)4-6-14/h3-6,11-12H,7-10,15H2,1-2H3. The average molecular weight is 314 g/mol. The molecular formula is C14H22N2O4S. The Morgan fingerprint density at radius 1 is 1.24 bits per heavy atom. The quantitative estimate of drug-likeness (QED) is 0.823. The van der Waals surface area contributed by atoms with Crippen LogP contribution in [-0.2, 0) is 14.8 Å². The van der Waals surface area contributed by atoms with Crippen LogP contribution in [0.25, 0.3) is 0 Å². The van der Waals surface area contributed by atoms with Gasteiger partial charge in [-0.05, 0) is 38.1 Å². The SMILES string of the molecule is CC1CN(S(=O)(=O)CCOc2ccc(N)cc2)CC(C)O1. The minimum Gasteiger partial charge on any atom is -0.492 e. The lowest BCUT2D eigenvalue weighted by atomic mass is 10.3. The molecule has 0 bridgehead atoms. The number of nitrogen functional groups attached to an aromatic ring is 1. The molecule has 0 aromatic heterocycles. The molecular weight excluding hydrogens is 292 g/mol. The van der Waals surface area contributed by atoms with Crippen LogP contribution >= 0.6 is 0 Å². The Bertz CT molecular complexity index is 549. The summed E-state index contributed by atoms with van der Waals surface area (Å²) in [5.74, 6) is 0.569. The molecule has 2 atom stereocenters. The van der Waals surface area contributed by atoms with Crippen LogP contribution in [0, 0.1) is 0 Å². The third-order valence-corrected chi connectivity index (χ3v) is 5.04. The van der Waals surface area contributed by atoms with Gasteiger partial charge >= 0.3 is 0 Å². The molecule has 0 aliphatic carbocycles. The first kappa shape index (κ1) is 16.1. The molecule has 1 fully saturated rings. The lowest BCUT2D eigenvalue weighted by molar-refractivity contribution is -0.0441. The number of nitrogens with zero attached hydrogens (tertiary/aromatic N) is 1. The van der Waals surface area contributed by atoms with Crippen LogP contribution in [0.15, 0.2) is 24.3 Å². The van der Waals surface area contributed by atoms with Gasteiger partial charge in [-0.15, -0.1) is 0 Å². The summed E-state index contributed by atoms with van der Waals surface area (Å²) >= 11 is 0. The van der Waals surface area contributed by atoms with E-state index in [0.29, 0.717) is 24.5 Å². The van der Waals surface area contributed by atoms with Gasteiger partial charge in [-0.2, -0.15) is 4.31 Å². The highest BCUT2D eigenvalue weighted by Crippen LogP contribution is 2.16. The summed E-state index contributed by atoms with van der Waals surface area (Å²) in [6.07, 6.45) is -0.164. The van der Waals surface area contributed by atoms with Crippen molar-refractivity contribution in [2.45, 2.75) is 26.1 Å². The zero-order chi connectivity index (χ0) is 15.5. The Balaban J connectivity index is 1.87. The van der Waals surface area contributed by atoms with Gasteiger partial charge in [0.1, 0.15) is 12.4 Å². The van der Waals surface area contributed by atoms with E-state index in [4.69, 9.17) is 15.2 Å². The van der Waals surface area contributed by atoms with Gasteiger partial charge in [-0.25, -0.2) is 8.42 Å². The summed E-state index contributed by atoms with van der Waals surface area (Å²) in [5.41, 5.74) is 6.22. The fourth-order valence-electron chi connectivity index (χ4n) is 2.32. The number of morpholine rings is 1. The highest BCUT2D eigenvalue weighted by molar-refractivity contribution is 7.89. The summed E-state index contributed by atoms with van der Waals surface area (Å²) in [4.78, 5) is 0. The molecule has 1 aliphatic rings. The Hall–Kier alpha value is -1.31. The second-order valence-electron chi connectivity index (χ2n) is 5.31. The van der Waals surface area contributed by atoms with Crippen molar-refractivity contribution in [1.82, 2.24) is 4.31 Å². The second-order valence-corrected chi connectivity index (χ2v) is 7.40. The third-order valence-electron chi connectivity index (χ3n) is 3.27. The molecule has 1 aromatic carbocycles. The van der Waals surface area contributed by atoms with Crippen molar-refractivity contribution in [3.05, 3.63) is 24.3 Å². The molecule has 0 radical (unpaired) electrons. The van der Waals surface area contributed by atoms with Gasteiger partial charge < -0.3 is 15.2 Å². The van der Waals surface area contributed by atoms with Gasteiger partial charge in [0.15, 0.2) is 0 Å². The van der Waals surface area contributed by atoms with Gasteiger partial charge in [0.25, 0.3) is 0 Å². The Morgan fingerprint density at radius 2 is 1.81 bits per heavy atom. The molecule has 2 unspecified atom stereocenters. The van der Waals surface area contributed by atoms with Crippen LogP contribution in [0.5, 0.6) is 5.75 Å². The van der Waals surface area contributed by atoms with E-state index < -0.39 is 10.0 Å². The van der Waals surface area contributed by atoms with Crippen molar-refractivity contribution in [2.75, 3.05) is 31.2 Å². The Labute approximate surface area is 125 Å².